The van der Waals surface area contributed by atoms with Crippen molar-refractivity contribution in [1.82, 2.24) is 9.97 Å². The summed E-state index contributed by atoms with van der Waals surface area (Å²) in [6.45, 7) is 0. The maximum Gasteiger partial charge on any atom is 0.301 e. The molecule has 0 aliphatic carbocycles. The van der Waals surface area contributed by atoms with Crippen molar-refractivity contribution in [2.24, 2.45) is 0 Å². The van der Waals surface area contributed by atoms with Crippen molar-refractivity contribution in [3.05, 3.63) is 107 Å². The third kappa shape index (κ3) is 4.35. The average Bonchev–Trinajstić information content (AvgIpc) is 2.92. The molecule has 0 amide bonds. The molecule has 0 fully saturated rings. The van der Waals surface area contributed by atoms with Gasteiger partial charge in [-0.25, -0.2) is 9.97 Å². The topological polar surface area (TPSA) is 102 Å². The molecule has 8 heteroatoms. The summed E-state index contributed by atoms with van der Waals surface area (Å²) in [6.07, 6.45) is 1.49. The van der Waals surface area contributed by atoms with Crippen LogP contribution in [0.4, 0.5) is 5.69 Å². The fraction of sp³-hybridized carbons (Fsp3) is 0.0357. The second-order valence-electron chi connectivity index (χ2n) is 7.79. The van der Waals surface area contributed by atoms with E-state index in [0.29, 0.717) is 27.6 Å². The molecule has 0 saturated carbocycles. The fourth-order valence-electron chi connectivity index (χ4n) is 4.00. The summed E-state index contributed by atoms with van der Waals surface area (Å²) >= 11 is 1.01. The molecule has 174 valence electrons. The Bertz CT molecular complexity index is 1660. The minimum absolute atomic E-state index is 0.147. The van der Waals surface area contributed by atoms with Gasteiger partial charge in [0, 0.05) is 23.4 Å². The first-order chi connectivity index (χ1) is 17.6. The summed E-state index contributed by atoms with van der Waals surface area (Å²) in [5.74, 6) is 0.648. The van der Waals surface area contributed by atoms with Crippen molar-refractivity contribution in [2.45, 2.75) is 10.1 Å². The van der Waals surface area contributed by atoms with Crippen molar-refractivity contribution in [1.29, 1.82) is 5.26 Å². The van der Waals surface area contributed by atoms with E-state index in [2.05, 4.69) is 11.1 Å². The monoisotopic (exact) mass is 490 g/mol. The van der Waals surface area contributed by atoms with E-state index < -0.39 is 4.92 Å². The van der Waals surface area contributed by atoms with Crippen LogP contribution in [0.1, 0.15) is 5.56 Å². The van der Waals surface area contributed by atoms with Crippen molar-refractivity contribution in [2.75, 3.05) is 7.11 Å². The summed E-state index contributed by atoms with van der Waals surface area (Å²) in [6, 6.07) is 28.4. The fourth-order valence-corrected chi connectivity index (χ4v) is 4.95. The second-order valence-corrected chi connectivity index (χ2v) is 8.77. The summed E-state index contributed by atoms with van der Waals surface area (Å²) in [5, 5.41) is 24.4. The van der Waals surface area contributed by atoms with Gasteiger partial charge in [-0.2, -0.15) is 5.26 Å². The molecular weight excluding hydrogens is 472 g/mol. The molecule has 36 heavy (non-hydrogen) atoms. The number of pyridine rings is 2. The van der Waals surface area contributed by atoms with Gasteiger partial charge in [-0.05, 0) is 52.4 Å². The van der Waals surface area contributed by atoms with Gasteiger partial charge in [0.25, 0.3) is 0 Å². The molecular formula is C28H18N4O3S. The van der Waals surface area contributed by atoms with E-state index >= 15 is 0 Å². The standard InChI is InChI=1S/C28H18N4O3S/c1-35-20-10-4-9-19(15-20)23-16-25(22-12-5-8-18-7-2-3-11-21(18)22)31-27(24(23)17-29)36-28-26(32(33)34)13-6-14-30-28/h2-16H,1H3. The summed E-state index contributed by atoms with van der Waals surface area (Å²) in [5.41, 5.74) is 3.11. The SMILES string of the molecule is COc1cccc(-c2cc(-c3cccc4ccccc34)nc(Sc3ncccc3[N+](=O)[O-])c2C#N)c1. The van der Waals surface area contributed by atoms with E-state index in [9.17, 15) is 15.4 Å². The summed E-state index contributed by atoms with van der Waals surface area (Å²) in [7, 11) is 1.58. The summed E-state index contributed by atoms with van der Waals surface area (Å²) in [4.78, 5) is 20.2. The number of ether oxygens (including phenoxy) is 1. The molecule has 0 spiro atoms. The lowest BCUT2D eigenvalue weighted by atomic mass is 9.96. The Morgan fingerprint density at radius 2 is 1.75 bits per heavy atom. The number of aromatic nitrogens is 2. The number of nitrogens with zero attached hydrogens (tertiary/aromatic N) is 4. The smallest absolute Gasteiger partial charge is 0.301 e. The Kier molecular flexibility index (Phi) is 6.31. The molecule has 5 aromatic rings. The van der Waals surface area contributed by atoms with E-state index in [1.807, 2.05) is 72.8 Å². The first kappa shape index (κ1) is 23.0. The molecule has 0 unspecified atom stereocenters. The molecule has 0 atom stereocenters. The van der Waals surface area contributed by atoms with Crippen molar-refractivity contribution < 1.29 is 9.66 Å². The van der Waals surface area contributed by atoms with Crippen LogP contribution in [-0.2, 0) is 0 Å². The Labute approximate surface area is 211 Å². The number of nitro groups is 1. The molecule has 0 aliphatic rings. The largest absolute Gasteiger partial charge is 0.497 e. The number of methoxy groups -OCH3 is 1. The van der Waals surface area contributed by atoms with Crippen LogP contribution in [-0.4, -0.2) is 22.0 Å². The van der Waals surface area contributed by atoms with Gasteiger partial charge in [-0.3, -0.25) is 10.1 Å². The van der Waals surface area contributed by atoms with E-state index in [-0.39, 0.29) is 10.7 Å². The van der Waals surface area contributed by atoms with Crippen molar-refractivity contribution in [3.8, 4) is 34.2 Å². The first-order valence-corrected chi connectivity index (χ1v) is 11.8. The Hall–Kier alpha value is -4.74. The number of benzene rings is 3. The van der Waals surface area contributed by atoms with E-state index in [0.717, 1.165) is 33.7 Å². The second kappa shape index (κ2) is 9.86. The summed E-state index contributed by atoms with van der Waals surface area (Å²) < 4.78 is 5.40. The molecule has 0 N–H and O–H groups in total. The van der Waals surface area contributed by atoms with Gasteiger partial charge in [0.2, 0.25) is 0 Å². The number of hydrogen-bond acceptors (Lipinski definition) is 7. The molecule has 2 aromatic heterocycles. The van der Waals surface area contributed by atoms with Crippen molar-refractivity contribution >= 4 is 28.2 Å². The van der Waals surface area contributed by atoms with Gasteiger partial charge >= 0.3 is 5.69 Å². The van der Waals surface area contributed by atoms with Crippen LogP contribution in [0.5, 0.6) is 5.75 Å². The predicted molar refractivity (Wildman–Crippen MR) is 139 cm³/mol. The van der Waals surface area contributed by atoms with Crippen LogP contribution >= 0.6 is 11.8 Å². The lowest BCUT2D eigenvalue weighted by molar-refractivity contribution is -0.388. The highest BCUT2D eigenvalue weighted by Gasteiger charge is 2.22. The van der Waals surface area contributed by atoms with Gasteiger partial charge in [0.05, 0.1) is 23.3 Å². The van der Waals surface area contributed by atoms with E-state index in [4.69, 9.17) is 9.72 Å². The molecule has 7 nitrogen and oxygen atoms in total. The predicted octanol–water partition coefficient (Wildman–Crippen LogP) is 6.90. The molecule has 5 rings (SSSR count). The molecule has 0 bridgehead atoms. The Balaban J connectivity index is 1.78. The molecule has 2 heterocycles. The minimum Gasteiger partial charge on any atom is -0.497 e. The third-order valence-corrected chi connectivity index (χ3v) is 6.68. The van der Waals surface area contributed by atoms with E-state index in [1.165, 1.54) is 18.3 Å². The molecule has 0 aliphatic heterocycles. The number of rotatable bonds is 6. The maximum atomic E-state index is 11.6. The van der Waals surface area contributed by atoms with Gasteiger partial charge in [0.15, 0.2) is 5.03 Å². The van der Waals surface area contributed by atoms with Crippen LogP contribution < -0.4 is 4.74 Å². The molecule has 3 aromatic carbocycles. The van der Waals surface area contributed by atoms with Crippen LogP contribution in [0.2, 0.25) is 0 Å². The quantitative estimate of drug-likeness (QED) is 0.188. The zero-order valence-electron chi connectivity index (χ0n) is 19.1. The Morgan fingerprint density at radius 1 is 0.944 bits per heavy atom. The molecule has 0 radical (unpaired) electrons. The normalized spacial score (nSPS) is 10.7. The van der Waals surface area contributed by atoms with E-state index in [1.54, 1.807) is 7.11 Å². The minimum atomic E-state index is -0.487. The zero-order chi connectivity index (χ0) is 25.1. The van der Waals surface area contributed by atoms with Gasteiger partial charge in [-0.15, -0.1) is 0 Å². The Morgan fingerprint density at radius 3 is 2.56 bits per heavy atom. The van der Waals surface area contributed by atoms with Crippen LogP contribution in [0.15, 0.2) is 101 Å². The third-order valence-electron chi connectivity index (χ3n) is 5.69. The maximum absolute atomic E-state index is 11.6. The number of fused-ring (bicyclic) bond motifs is 1. The van der Waals surface area contributed by atoms with Crippen molar-refractivity contribution in [3.63, 3.8) is 0 Å². The van der Waals surface area contributed by atoms with Gasteiger partial charge < -0.3 is 4.74 Å². The van der Waals surface area contributed by atoms with Crippen LogP contribution in [0, 0.1) is 21.4 Å². The molecule has 0 saturated heterocycles. The number of hydrogen-bond donors (Lipinski definition) is 0. The number of nitriles is 1. The first-order valence-electron chi connectivity index (χ1n) is 10.9. The van der Waals surface area contributed by atoms with Gasteiger partial charge in [-0.1, -0.05) is 54.6 Å². The highest BCUT2D eigenvalue weighted by atomic mass is 32.2. The lowest BCUT2D eigenvalue weighted by Gasteiger charge is -2.14. The van der Waals surface area contributed by atoms with Crippen LogP contribution in [0.3, 0.4) is 0 Å². The highest BCUT2D eigenvalue weighted by molar-refractivity contribution is 7.99. The zero-order valence-corrected chi connectivity index (χ0v) is 19.9. The van der Waals surface area contributed by atoms with Gasteiger partial charge in [0.1, 0.15) is 16.8 Å². The average molecular weight is 491 g/mol. The lowest BCUT2D eigenvalue weighted by Crippen LogP contribution is -1.98. The van der Waals surface area contributed by atoms with Crippen LogP contribution in [0.25, 0.3) is 33.2 Å². The highest BCUT2D eigenvalue weighted by Crippen LogP contribution is 2.40.